The third kappa shape index (κ3) is 3.04. The van der Waals surface area contributed by atoms with Crippen molar-refractivity contribution >= 4 is 23.6 Å². The third-order valence-electron chi connectivity index (χ3n) is 7.56. The van der Waals surface area contributed by atoms with Gasteiger partial charge in [-0.15, -0.1) is 0 Å². The summed E-state index contributed by atoms with van der Waals surface area (Å²) in [6.07, 6.45) is -4.17. The Morgan fingerprint density at radius 1 is 1.18 bits per heavy atom. The molecule has 180 valence electrons. The zero-order valence-electron chi connectivity index (χ0n) is 18.5. The fourth-order valence-electron chi connectivity index (χ4n) is 6.01. The van der Waals surface area contributed by atoms with Crippen LogP contribution in [0.2, 0.25) is 0 Å². The summed E-state index contributed by atoms with van der Waals surface area (Å²) >= 11 is 0. The minimum atomic E-state index is -4.84. The first-order valence-electron chi connectivity index (χ1n) is 11.1. The maximum absolute atomic E-state index is 13.5. The van der Waals surface area contributed by atoms with Gasteiger partial charge in [-0.25, -0.2) is 9.69 Å². The molecule has 4 aliphatic rings. The van der Waals surface area contributed by atoms with Gasteiger partial charge in [-0.05, 0) is 44.9 Å². The van der Waals surface area contributed by atoms with Gasteiger partial charge in [0, 0.05) is 19.5 Å². The zero-order chi connectivity index (χ0) is 24.6. The predicted octanol–water partition coefficient (Wildman–Crippen LogP) is 3.23. The molecule has 0 N–H and O–H groups in total. The van der Waals surface area contributed by atoms with E-state index in [0.29, 0.717) is 19.2 Å². The Bertz CT molecular complexity index is 1140. The normalized spacial score (nSPS) is 34.5. The summed E-state index contributed by atoms with van der Waals surface area (Å²) in [6, 6.07) is 4.23. The van der Waals surface area contributed by atoms with Gasteiger partial charge in [-0.1, -0.05) is 0 Å². The Morgan fingerprint density at radius 2 is 1.82 bits per heavy atom. The van der Waals surface area contributed by atoms with Crippen LogP contribution in [0.3, 0.4) is 0 Å². The Morgan fingerprint density at radius 3 is 2.44 bits per heavy atom. The van der Waals surface area contributed by atoms with Crippen LogP contribution in [0, 0.1) is 23.2 Å². The molecule has 4 aliphatic heterocycles. The summed E-state index contributed by atoms with van der Waals surface area (Å²) in [5.41, 5.74) is -4.49. The number of nitriles is 1. The third-order valence-corrected chi connectivity index (χ3v) is 7.56. The van der Waals surface area contributed by atoms with E-state index in [-0.39, 0.29) is 12.1 Å². The van der Waals surface area contributed by atoms with Gasteiger partial charge in [-0.2, -0.15) is 18.4 Å². The minimum Gasteiger partial charge on any atom is -0.443 e. The van der Waals surface area contributed by atoms with Crippen molar-refractivity contribution in [3.63, 3.8) is 0 Å². The molecule has 1 aromatic rings. The number of hydrogen-bond donors (Lipinski definition) is 0. The summed E-state index contributed by atoms with van der Waals surface area (Å²) in [7, 11) is 0. The van der Waals surface area contributed by atoms with Crippen molar-refractivity contribution in [2.75, 3.05) is 18.0 Å². The van der Waals surface area contributed by atoms with Crippen LogP contribution >= 0.6 is 0 Å². The standard InChI is InChI=1S/C23H22F3N3O5/c1-21-10-15(33-20(32)28-7-3-4-8-28)22(2,34-21)17-16(21)18(30)29(19(17)31)13-6-5-12(11-27)14(9-13)23(24,25)26/h5-6,9,15-17H,3-4,7-8,10H2,1-2H3/t15-,16+,17-,21+,22-/m0/s1. The molecule has 0 unspecified atom stereocenters. The van der Waals surface area contributed by atoms with Crippen molar-refractivity contribution in [3.05, 3.63) is 29.3 Å². The van der Waals surface area contributed by atoms with E-state index in [1.807, 2.05) is 0 Å². The second-order valence-corrected chi connectivity index (χ2v) is 9.68. The van der Waals surface area contributed by atoms with Crippen LogP contribution < -0.4 is 4.90 Å². The lowest BCUT2D eigenvalue weighted by molar-refractivity contribution is -0.138. The Balaban J connectivity index is 1.47. The molecule has 8 nitrogen and oxygen atoms in total. The number of carbonyl (C=O) groups is 3. The second kappa shape index (κ2) is 7.18. The van der Waals surface area contributed by atoms with Gasteiger partial charge in [-0.3, -0.25) is 9.59 Å². The van der Waals surface area contributed by atoms with Crippen LogP contribution in [0.4, 0.5) is 23.7 Å². The average molecular weight is 477 g/mol. The molecular weight excluding hydrogens is 455 g/mol. The fraction of sp³-hybridized carbons (Fsp3) is 0.565. The van der Waals surface area contributed by atoms with E-state index in [1.54, 1.807) is 18.7 Å². The van der Waals surface area contributed by atoms with Gasteiger partial charge in [0.05, 0.1) is 40.3 Å². The van der Waals surface area contributed by atoms with Crippen molar-refractivity contribution in [2.45, 2.75) is 56.6 Å². The Hall–Kier alpha value is -3.13. The summed E-state index contributed by atoms with van der Waals surface area (Å²) in [4.78, 5) is 41.7. The molecule has 4 fully saturated rings. The largest absolute Gasteiger partial charge is 0.443 e. The number of alkyl halides is 3. The number of hydrogen-bond acceptors (Lipinski definition) is 6. The molecule has 34 heavy (non-hydrogen) atoms. The molecule has 0 saturated carbocycles. The molecule has 5 rings (SSSR count). The molecule has 4 saturated heterocycles. The smallest absolute Gasteiger partial charge is 0.417 e. The van der Waals surface area contributed by atoms with Gasteiger partial charge < -0.3 is 14.4 Å². The van der Waals surface area contributed by atoms with Gasteiger partial charge in [0.15, 0.2) is 0 Å². The lowest BCUT2D eigenvalue weighted by Crippen LogP contribution is -2.51. The number of likely N-dealkylation sites (tertiary alicyclic amines) is 1. The summed E-state index contributed by atoms with van der Waals surface area (Å²) in [6.45, 7) is 4.43. The van der Waals surface area contributed by atoms with E-state index in [9.17, 15) is 27.6 Å². The van der Waals surface area contributed by atoms with Gasteiger partial charge in [0.25, 0.3) is 0 Å². The van der Waals surface area contributed by atoms with E-state index in [2.05, 4.69) is 0 Å². The van der Waals surface area contributed by atoms with Crippen molar-refractivity contribution < 1.29 is 37.0 Å². The van der Waals surface area contributed by atoms with Crippen LogP contribution in [-0.2, 0) is 25.2 Å². The maximum Gasteiger partial charge on any atom is 0.417 e. The molecule has 1 aromatic carbocycles. The Kier molecular flexibility index (Phi) is 4.79. The number of nitrogens with zero attached hydrogens (tertiary/aromatic N) is 3. The summed E-state index contributed by atoms with van der Waals surface area (Å²) in [5.74, 6) is -3.30. The molecule has 4 heterocycles. The number of anilines is 1. The lowest BCUT2D eigenvalue weighted by Gasteiger charge is -2.35. The molecule has 11 heteroatoms. The van der Waals surface area contributed by atoms with Crippen LogP contribution in [0.1, 0.15) is 44.2 Å². The molecule has 0 aliphatic carbocycles. The molecule has 0 aromatic heterocycles. The maximum atomic E-state index is 13.5. The fourth-order valence-corrected chi connectivity index (χ4v) is 6.01. The van der Waals surface area contributed by atoms with Crippen LogP contribution in [0.25, 0.3) is 0 Å². The quantitative estimate of drug-likeness (QED) is 0.607. The first-order valence-corrected chi connectivity index (χ1v) is 11.1. The Labute approximate surface area is 193 Å². The molecule has 0 radical (unpaired) electrons. The SMILES string of the molecule is C[C@]12O[C@](C)(C[C@@H]1OC(=O)N1CCCC1)[C@H]1C(=O)N(c3ccc(C#N)c(C(F)(F)F)c3)C(=O)[C@H]12. The topological polar surface area (TPSA) is 99.9 Å². The monoisotopic (exact) mass is 477 g/mol. The number of rotatable bonds is 2. The van der Waals surface area contributed by atoms with Crippen molar-refractivity contribution in [1.29, 1.82) is 5.26 Å². The predicted molar refractivity (Wildman–Crippen MR) is 109 cm³/mol. The van der Waals surface area contributed by atoms with Crippen LogP contribution in [0.15, 0.2) is 18.2 Å². The molecule has 3 amide bonds. The zero-order valence-corrected chi connectivity index (χ0v) is 18.5. The summed E-state index contributed by atoms with van der Waals surface area (Å²) in [5, 5.41) is 9.04. The van der Waals surface area contributed by atoms with Gasteiger partial charge in [0.1, 0.15) is 11.7 Å². The average Bonchev–Trinajstić information content (AvgIpc) is 3.48. The highest BCUT2D eigenvalue weighted by molar-refractivity contribution is 6.23. The lowest BCUT2D eigenvalue weighted by atomic mass is 9.67. The van der Waals surface area contributed by atoms with Gasteiger partial charge in [0.2, 0.25) is 11.8 Å². The van der Waals surface area contributed by atoms with E-state index in [1.165, 1.54) is 6.07 Å². The highest BCUT2D eigenvalue weighted by atomic mass is 19.4. The van der Waals surface area contributed by atoms with Crippen molar-refractivity contribution in [1.82, 2.24) is 4.90 Å². The van der Waals surface area contributed by atoms with Crippen molar-refractivity contribution in [2.24, 2.45) is 11.8 Å². The van der Waals surface area contributed by atoms with Crippen LogP contribution in [0.5, 0.6) is 0 Å². The number of imide groups is 1. The molecule has 0 spiro atoms. The van der Waals surface area contributed by atoms with Gasteiger partial charge >= 0.3 is 12.3 Å². The van der Waals surface area contributed by atoms with E-state index >= 15 is 0 Å². The first kappa shape index (κ1) is 22.7. The molecule has 2 bridgehead atoms. The highest BCUT2D eigenvalue weighted by Crippen LogP contribution is 2.62. The number of benzene rings is 1. The number of halogens is 3. The van der Waals surface area contributed by atoms with E-state index in [4.69, 9.17) is 14.7 Å². The highest BCUT2D eigenvalue weighted by Gasteiger charge is 2.77. The number of carbonyl (C=O) groups excluding carboxylic acids is 3. The number of fused-ring (bicyclic) bond motifs is 5. The minimum absolute atomic E-state index is 0.193. The first-order chi connectivity index (χ1) is 15.9. The van der Waals surface area contributed by atoms with E-state index in [0.717, 1.165) is 29.9 Å². The number of ether oxygens (including phenoxy) is 2. The molecule has 5 atom stereocenters. The number of amides is 3. The molecular formula is C23H22F3N3O5. The second-order valence-electron chi connectivity index (χ2n) is 9.68. The van der Waals surface area contributed by atoms with E-state index < -0.39 is 64.4 Å². The summed E-state index contributed by atoms with van der Waals surface area (Å²) < 4.78 is 52.3. The van der Waals surface area contributed by atoms with Crippen molar-refractivity contribution in [3.8, 4) is 6.07 Å². The van der Waals surface area contributed by atoms with Crippen LogP contribution in [-0.4, -0.2) is 53.2 Å².